The zero-order chi connectivity index (χ0) is 24.8. The van der Waals surface area contributed by atoms with Crippen molar-refractivity contribution in [3.8, 4) is 29.2 Å². The quantitative estimate of drug-likeness (QED) is 0.325. The second-order valence-corrected chi connectivity index (χ2v) is 8.76. The van der Waals surface area contributed by atoms with E-state index in [1.54, 1.807) is 12.1 Å². The first-order valence-corrected chi connectivity index (χ1v) is 11.8. The third-order valence-electron chi connectivity index (χ3n) is 6.32. The molecule has 3 heteroatoms. The summed E-state index contributed by atoms with van der Waals surface area (Å²) >= 11 is 0. The molecule has 1 unspecified atom stereocenters. The lowest BCUT2D eigenvalue weighted by Gasteiger charge is -2.18. The highest BCUT2D eigenvalue weighted by atomic mass is 16.5. The summed E-state index contributed by atoms with van der Waals surface area (Å²) in [5.74, 6) is 4.41. The van der Waals surface area contributed by atoms with Gasteiger partial charge in [0.25, 0.3) is 0 Å². The number of ketones is 1. The zero-order valence-corrected chi connectivity index (χ0v) is 20.1. The molecule has 0 radical (unpaired) electrons. The van der Waals surface area contributed by atoms with Crippen LogP contribution in [0.5, 0.6) is 5.75 Å². The first kappa shape index (κ1) is 24.0. The number of rotatable bonds is 6. The van der Waals surface area contributed by atoms with Crippen molar-refractivity contribution in [1.82, 2.24) is 0 Å². The predicted molar refractivity (Wildman–Crippen MR) is 144 cm³/mol. The van der Waals surface area contributed by atoms with E-state index in [2.05, 4.69) is 50.1 Å². The average Bonchev–Trinajstić information content (AvgIpc) is 2.90. The molecular weight excluding hydrogens is 430 g/mol. The molecule has 2 N–H and O–H groups in total. The van der Waals surface area contributed by atoms with Crippen LogP contribution in [-0.2, 0) is 0 Å². The van der Waals surface area contributed by atoms with Gasteiger partial charge in [0.05, 0.1) is 6.54 Å². The van der Waals surface area contributed by atoms with Crippen molar-refractivity contribution in [1.29, 1.82) is 0 Å². The fourth-order valence-electron chi connectivity index (χ4n) is 4.02. The molecule has 3 aromatic carbocycles. The maximum absolute atomic E-state index is 11.9. The van der Waals surface area contributed by atoms with Crippen LogP contribution in [0.1, 0.15) is 41.8 Å². The highest BCUT2D eigenvalue weighted by molar-refractivity contribution is 5.98. The molecule has 35 heavy (non-hydrogen) atoms. The number of benzene rings is 3. The molecule has 3 nitrogen and oxygen atoms in total. The Balaban J connectivity index is 1.77. The summed E-state index contributed by atoms with van der Waals surface area (Å²) in [4.78, 5) is 11.9. The number of carbonyl (C=O) groups is 1. The van der Waals surface area contributed by atoms with Crippen LogP contribution in [-0.4, -0.2) is 12.3 Å². The van der Waals surface area contributed by atoms with Crippen molar-refractivity contribution >= 4 is 11.4 Å². The summed E-state index contributed by atoms with van der Waals surface area (Å²) in [5.41, 5.74) is 12.2. The van der Waals surface area contributed by atoms with E-state index in [1.807, 2.05) is 48.5 Å². The molecule has 1 aliphatic carbocycles. The van der Waals surface area contributed by atoms with Crippen molar-refractivity contribution in [2.24, 2.45) is 11.7 Å². The molecule has 0 saturated heterocycles. The first-order chi connectivity index (χ1) is 17.0. The Bertz CT molecular complexity index is 1350. The third kappa shape index (κ3) is 5.69. The van der Waals surface area contributed by atoms with Crippen molar-refractivity contribution in [2.75, 3.05) is 6.54 Å². The van der Waals surface area contributed by atoms with E-state index in [0.29, 0.717) is 17.2 Å². The first-order valence-electron chi connectivity index (χ1n) is 11.8. The number of carbonyl (C=O) groups excluding carboxylic acids is 1. The molecule has 0 aliphatic heterocycles. The van der Waals surface area contributed by atoms with Gasteiger partial charge in [0.1, 0.15) is 11.5 Å². The largest absolute Gasteiger partial charge is 0.457 e. The second kappa shape index (κ2) is 10.9. The number of ether oxygens (including phenoxy) is 1. The molecule has 174 valence electrons. The smallest absolute Gasteiger partial charge is 0.176 e. The van der Waals surface area contributed by atoms with E-state index >= 15 is 0 Å². The fraction of sp³-hybridized carbons (Fsp3) is 0.156. The van der Waals surface area contributed by atoms with E-state index in [1.165, 1.54) is 5.57 Å². The van der Waals surface area contributed by atoms with Gasteiger partial charge in [-0.05, 0) is 66.3 Å². The lowest BCUT2D eigenvalue weighted by Crippen LogP contribution is -2.13. The minimum atomic E-state index is -0.0923. The lowest BCUT2D eigenvalue weighted by molar-refractivity contribution is 0.100. The second-order valence-electron chi connectivity index (χ2n) is 8.76. The molecule has 3 aromatic rings. The van der Waals surface area contributed by atoms with Gasteiger partial charge in [0.2, 0.25) is 0 Å². The Kier molecular flexibility index (Phi) is 7.45. The van der Waals surface area contributed by atoms with E-state index in [4.69, 9.17) is 16.9 Å². The van der Waals surface area contributed by atoms with E-state index in [-0.39, 0.29) is 12.3 Å². The van der Waals surface area contributed by atoms with Gasteiger partial charge in [-0.2, -0.15) is 0 Å². The summed E-state index contributed by atoms with van der Waals surface area (Å²) in [6.07, 6.45) is 13.1. The molecule has 0 aromatic heterocycles. The monoisotopic (exact) mass is 459 g/mol. The maximum Gasteiger partial charge on any atom is 0.176 e. The molecule has 0 spiro atoms. The van der Waals surface area contributed by atoms with Crippen molar-refractivity contribution in [2.45, 2.75) is 20.3 Å². The van der Waals surface area contributed by atoms with Crippen LogP contribution < -0.4 is 10.5 Å². The maximum atomic E-state index is 11.9. The van der Waals surface area contributed by atoms with Gasteiger partial charge < -0.3 is 10.5 Å². The van der Waals surface area contributed by atoms with Crippen LogP contribution in [0.3, 0.4) is 0 Å². The van der Waals surface area contributed by atoms with E-state index < -0.39 is 0 Å². The van der Waals surface area contributed by atoms with Crippen molar-refractivity contribution in [3.05, 3.63) is 119 Å². The predicted octanol–water partition coefficient (Wildman–Crippen LogP) is 6.81. The van der Waals surface area contributed by atoms with Gasteiger partial charge in [0.15, 0.2) is 5.78 Å². The Labute approximate surface area is 207 Å². The molecule has 0 saturated carbocycles. The van der Waals surface area contributed by atoms with E-state index in [0.717, 1.165) is 40.0 Å². The molecule has 0 fully saturated rings. The van der Waals surface area contributed by atoms with Gasteiger partial charge >= 0.3 is 0 Å². The number of terminal acetylenes is 1. The number of nitrogens with two attached hydrogens (primary N) is 1. The average molecular weight is 460 g/mol. The fourth-order valence-corrected chi connectivity index (χ4v) is 4.02. The normalized spacial score (nSPS) is 17.1. The van der Waals surface area contributed by atoms with E-state index in [9.17, 15) is 4.79 Å². The molecule has 1 aliphatic rings. The molecule has 4 rings (SSSR count). The highest BCUT2D eigenvalue weighted by Crippen LogP contribution is 2.34. The Hall–Kier alpha value is -4.13. The summed E-state index contributed by atoms with van der Waals surface area (Å²) in [6.45, 7) is 4.34. The summed E-state index contributed by atoms with van der Waals surface area (Å²) in [5, 5.41) is 0. The SMILES string of the molecule is C#Cc1ccc(-c2ccc(C(=O)CN)cc2)c(OC2=C/C(c3ccccc3)=C/CC(C)C(C)=C2)c1. The minimum absolute atomic E-state index is 0.0138. The van der Waals surface area contributed by atoms with Gasteiger partial charge in [-0.1, -0.05) is 79.1 Å². The standard InChI is InChI=1S/C32H29NO2/c1-4-24-11-17-30(26-13-15-27(16-14-26)31(34)21-33)32(19-24)35-29-18-23(3)22(2)10-12-28(20-29)25-8-6-5-7-9-25/h1,5-9,11-20,22H,10,21,33H2,2-3H3/b23-18?,28-12-,29-20?. The van der Waals surface area contributed by atoms with Crippen LogP contribution >= 0.6 is 0 Å². The number of allylic oxidation sites excluding steroid dienone is 5. The van der Waals surface area contributed by atoms with Crippen molar-refractivity contribution in [3.63, 3.8) is 0 Å². The molecule has 0 amide bonds. The van der Waals surface area contributed by atoms with Crippen LogP contribution in [0, 0.1) is 18.3 Å². The Morgan fingerprint density at radius 3 is 2.46 bits per heavy atom. The van der Waals surface area contributed by atoms with Crippen molar-refractivity contribution < 1.29 is 9.53 Å². The number of hydrogen-bond donors (Lipinski definition) is 1. The van der Waals surface area contributed by atoms with Gasteiger partial charge in [-0.15, -0.1) is 6.42 Å². The summed E-state index contributed by atoms with van der Waals surface area (Å²) < 4.78 is 6.55. The topological polar surface area (TPSA) is 52.3 Å². The van der Waals surface area contributed by atoms with Gasteiger partial charge in [-0.25, -0.2) is 0 Å². The van der Waals surface area contributed by atoms with Crippen LogP contribution in [0.2, 0.25) is 0 Å². The van der Waals surface area contributed by atoms with Crippen LogP contribution in [0.4, 0.5) is 0 Å². The number of Topliss-reactive ketones (excluding diaryl/α,β-unsaturated/α-hetero) is 1. The number of hydrogen-bond acceptors (Lipinski definition) is 3. The van der Waals surface area contributed by atoms with Crippen LogP contribution in [0.25, 0.3) is 16.7 Å². The minimum Gasteiger partial charge on any atom is -0.457 e. The van der Waals surface area contributed by atoms with Gasteiger partial charge in [0, 0.05) is 16.7 Å². The summed E-state index contributed by atoms with van der Waals surface area (Å²) in [6, 6.07) is 23.5. The molecule has 0 heterocycles. The highest BCUT2D eigenvalue weighted by Gasteiger charge is 2.14. The van der Waals surface area contributed by atoms with Gasteiger partial charge in [-0.3, -0.25) is 4.79 Å². The summed E-state index contributed by atoms with van der Waals surface area (Å²) in [7, 11) is 0. The lowest BCUT2D eigenvalue weighted by atomic mass is 9.92. The van der Waals surface area contributed by atoms with Crippen LogP contribution in [0.15, 0.2) is 102 Å². The zero-order valence-electron chi connectivity index (χ0n) is 20.1. The molecular formula is C32H29NO2. The molecule has 0 bridgehead atoms. The third-order valence-corrected chi connectivity index (χ3v) is 6.32. The molecule has 1 atom stereocenters. The Morgan fingerprint density at radius 1 is 1.03 bits per heavy atom. The Morgan fingerprint density at radius 2 is 1.77 bits per heavy atom.